The number of nitrogens with one attached hydrogen (secondary N) is 1. The van der Waals surface area contributed by atoms with E-state index >= 15 is 0 Å². The molecule has 0 unspecified atom stereocenters. The fraction of sp³-hybridized carbons (Fsp3) is 0.227. The number of H-pyrrole nitrogens is 1. The number of hydrogen-bond donors (Lipinski definition) is 2. The number of halogens is 4. The molecule has 0 spiro atoms. The second kappa shape index (κ2) is 9.03. The van der Waals surface area contributed by atoms with Crippen molar-refractivity contribution < 1.29 is 17.6 Å². The van der Waals surface area contributed by atoms with Crippen LogP contribution in [0.5, 0.6) is 0 Å². The van der Waals surface area contributed by atoms with Gasteiger partial charge in [-0.25, -0.2) is 13.9 Å². The number of rotatable bonds is 6. The summed E-state index contributed by atoms with van der Waals surface area (Å²) in [5, 5.41) is 3.88. The maximum absolute atomic E-state index is 13.6. The van der Waals surface area contributed by atoms with Gasteiger partial charge in [-0.05, 0) is 47.9 Å². The van der Waals surface area contributed by atoms with Gasteiger partial charge in [0, 0.05) is 27.8 Å². The van der Waals surface area contributed by atoms with Crippen LogP contribution in [0.15, 0.2) is 58.2 Å². The number of thiophene rings is 1. The monoisotopic (exact) mass is 493 g/mol. The number of alkyl halides is 3. The summed E-state index contributed by atoms with van der Waals surface area (Å²) in [5.74, 6) is 0. The average Bonchev–Trinajstić information content (AvgIpc) is 3.39. The first-order valence-corrected chi connectivity index (χ1v) is 10.9. The van der Waals surface area contributed by atoms with Crippen molar-refractivity contribution in [1.29, 1.82) is 0 Å². The predicted molar refractivity (Wildman–Crippen MR) is 121 cm³/mol. The molecule has 34 heavy (non-hydrogen) atoms. The van der Waals surface area contributed by atoms with Crippen LogP contribution in [0, 0.1) is 6.92 Å². The van der Waals surface area contributed by atoms with Crippen molar-refractivity contribution in [2.24, 2.45) is 5.73 Å². The molecule has 178 valence electrons. The van der Waals surface area contributed by atoms with Crippen LogP contribution in [-0.4, -0.2) is 25.9 Å². The summed E-state index contributed by atoms with van der Waals surface area (Å²) in [5.41, 5.74) is 4.58. The van der Waals surface area contributed by atoms with E-state index in [1.807, 2.05) is 0 Å². The van der Waals surface area contributed by atoms with Crippen LogP contribution in [0.1, 0.15) is 16.0 Å². The Labute approximate surface area is 193 Å². The van der Waals surface area contributed by atoms with Gasteiger partial charge in [-0.3, -0.25) is 9.36 Å². The van der Waals surface area contributed by atoms with Crippen molar-refractivity contribution in [3.8, 4) is 10.4 Å². The number of hydrogen-bond acceptors (Lipinski definition) is 5. The van der Waals surface area contributed by atoms with E-state index in [9.17, 15) is 27.2 Å². The van der Waals surface area contributed by atoms with Gasteiger partial charge in [0.15, 0.2) is 0 Å². The molecule has 0 aliphatic rings. The van der Waals surface area contributed by atoms with Crippen LogP contribution in [0.4, 0.5) is 17.6 Å². The van der Waals surface area contributed by atoms with Crippen molar-refractivity contribution in [2.45, 2.75) is 26.2 Å². The Morgan fingerprint density at radius 1 is 1.24 bits per heavy atom. The van der Waals surface area contributed by atoms with Crippen molar-refractivity contribution >= 4 is 22.2 Å². The lowest BCUT2D eigenvalue weighted by Crippen LogP contribution is -2.26. The maximum Gasteiger partial charge on any atom is 0.417 e. The number of nitrogens with two attached hydrogens (primary N) is 1. The summed E-state index contributed by atoms with van der Waals surface area (Å²) >= 11 is 1.31. The third kappa shape index (κ3) is 4.59. The van der Waals surface area contributed by atoms with E-state index in [1.165, 1.54) is 28.3 Å². The van der Waals surface area contributed by atoms with E-state index in [0.717, 1.165) is 9.56 Å². The van der Waals surface area contributed by atoms with Crippen LogP contribution in [-0.2, 0) is 19.3 Å². The standard InChI is InChI=1S/C22H19F4N5O2S/c1-12-4-14(5-16-17(22(24,25)26)6-19(32)29-20(12)16)18-3-2-15(34-18)10-30-11-28-31(21(30)33)9-13(7-23)8-27/h2-7,11H,8-10,27H2,1H3,(H,29,32)/b13-7+. The summed E-state index contributed by atoms with van der Waals surface area (Å²) in [6, 6.07) is 7.19. The zero-order valence-corrected chi connectivity index (χ0v) is 18.6. The van der Waals surface area contributed by atoms with Gasteiger partial charge in [0.2, 0.25) is 5.56 Å². The van der Waals surface area contributed by atoms with E-state index in [1.54, 1.807) is 25.1 Å². The highest BCUT2D eigenvalue weighted by Gasteiger charge is 2.33. The number of aromatic amines is 1. The Hall–Kier alpha value is -3.51. The van der Waals surface area contributed by atoms with Crippen LogP contribution in [0.3, 0.4) is 0 Å². The smallest absolute Gasteiger partial charge is 0.327 e. The fourth-order valence-electron chi connectivity index (χ4n) is 3.62. The number of fused-ring (bicyclic) bond motifs is 1. The van der Waals surface area contributed by atoms with Crippen molar-refractivity contribution in [3.05, 3.63) is 85.4 Å². The molecule has 3 aromatic heterocycles. The van der Waals surface area contributed by atoms with E-state index in [4.69, 9.17) is 5.73 Å². The molecule has 0 fully saturated rings. The molecule has 0 atom stereocenters. The van der Waals surface area contributed by atoms with Crippen LogP contribution < -0.4 is 17.0 Å². The minimum atomic E-state index is -4.68. The Bertz CT molecular complexity index is 1510. The van der Waals surface area contributed by atoms with Gasteiger partial charge in [-0.1, -0.05) is 0 Å². The molecule has 7 nitrogen and oxygen atoms in total. The number of aryl methyl sites for hydroxylation is 1. The molecular weight excluding hydrogens is 474 g/mol. The highest BCUT2D eigenvalue weighted by Crippen LogP contribution is 2.37. The zero-order chi connectivity index (χ0) is 24.6. The van der Waals surface area contributed by atoms with Gasteiger partial charge < -0.3 is 10.7 Å². The molecule has 0 aliphatic heterocycles. The average molecular weight is 493 g/mol. The molecule has 4 aromatic rings. The van der Waals surface area contributed by atoms with Crippen molar-refractivity contribution in [2.75, 3.05) is 6.54 Å². The Morgan fingerprint density at radius 3 is 2.68 bits per heavy atom. The van der Waals surface area contributed by atoms with E-state index in [0.29, 0.717) is 28.4 Å². The molecule has 4 rings (SSSR count). The highest BCUT2D eigenvalue weighted by molar-refractivity contribution is 7.15. The summed E-state index contributed by atoms with van der Waals surface area (Å²) in [6.45, 7) is 1.72. The molecule has 12 heteroatoms. The van der Waals surface area contributed by atoms with Gasteiger partial charge in [-0.15, -0.1) is 11.3 Å². The van der Waals surface area contributed by atoms with Gasteiger partial charge in [-0.2, -0.15) is 18.3 Å². The normalized spacial score (nSPS) is 12.6. The molecule has 0 radical (unpaired) electrons. The predicted octanol–water partition coefficient (Wildman–Crippen LogP) is 3.80. The van der Waals surface area contributed by atoms with Gasteiger partial charge in [0.25, 0.3) is 0 Å². The largest absolute Gasteiger partial charge is 0.417 e. The second-order valence-electron chi connectivity index (χ2n) is 7.70. The first kappa shape index (κ1) is 23.6. The maximum atomic E-state index is 13.6. The van der Waals surface area contributed by atoms with Gasteiger partial charge in [0.1, 0.15) is 6.33 Å². The third-order valence-corrected chi connectivity index (χ3v) is 6.41. The molecule has 0 amide bonds. The van der Waals surface area contributed by atoms with Crippen LogP contribution >= 0.6 is 11.3 Å². The molecule has 0 bridgehead atoms. The minimum absolute atomic E-state index is 0.0425. The Balaban J connectivity index is 1.67. The van der Waals surface area contributed by atoms with Crippen LogP contribution in [0.2, 0.25) is 0 Å². The number of benzene rings is 1. The lowest BCUT2D eigenvalue weighted by atomic mass is 10.0. The molecular formula is C22H19F4N5O2S. The first-order chi connectivity index (χ1) is 16.1. The minimum Gasteiger partial charge on any atom is -0.327 e. The topological polar surface area (TPSA) is 98.7 Å². The Morgan fingerprint density at radius 2 is 2.00 bits per heavy atom. The van der Waals surface area contributed by atoms with E-state index < -0.39 is 23.0 Å². The van der Waals surface area contributed by atoms with E-state index in [-0.39, 0.29) is 36.1 Å². The molecule has 3 N–H and O–H groups in total. The molecule has 0 saturated heterocycles. The molecule has 0 aliphatic carbocycles. The SMILES string of the molecule is Cc1cc(-c2ccc(Cn3cnn(C/C(=C/F)CN)c3=O)s2)cc2c(C(F)(F)F)cc(=O)[nH]c12. The fourth-order valence-corrected chi connectivity index (χ4v) is 4.61. The molecule has 3 heterocycles. The first-order valence-electron chi connectivity index (χ1n) is 10.0. The lowest BCUT2D eigenvalue weighted by molar-refractivity contribution is -0.136. The number of nitrogens with zero attached hydrogens (tertiary/aromatic N) is 3. The summed E-state index contributed by atoms with van der Waals surface area (Å²) < 4.78 is 55.9. The summed E-state index contributed by atoms with van der Waals surface area (Å²) in [4.78, 5) is 28.2. The zero-order valence-electron chi connectivity index (χ0n) is 17.8. The highest BCUT2D eigenvalue weighted by atomic mass is 32.1. The quantitative estimate of drug-likeness (QED) is 0.399. The number of aromatic nitrogens is 4. The van der Waals surface area contributed by atoms with Gasteiger partial charge >= 0.3 is 11.9 Å². The number of pyridine rings is 1. The van der Waals surface area contributed by atoms with Crippen LogP contribution in [0.25, 0.3) is 21.3 Å². The Kier molecular flexibility index (Phi) is 6.28. The molecule has 1 aromatic carbocycles. The second-order valence-corrected chi connectivity index (χ2v) is 8.87. The lowest BCUT2D eigenvalue weighted by Gasteiger charge is -2.12. The van der Waals surface area contributed by atoms with Crippen molar-refractivity contribution in [1.82, 2.24) is 19.3 Å². The van der Waals surface area contributed by atoms with Crippen molar-refractivity contribution in [3.63, 3.8) is 0 Å². The summed E-state index contributed by atoms with van der Waals surface area (Å²) in [7, 11) is 0. The third-order valence-electron chi connectivity index (χ3n) is 5.29. The molecule has 0 saturated carbocycles. The van der Waals surface area contributed by atoms with Gasteiger partial charge in [0.05, 0.1) is 30.5 Å². The van der Waals surface area contributed by atoms with E-state index in [2.05, 4.69) is 10.1 Å². The summed E-state index contributed by atoms with van der Waals surface area (Å²) in [6.07, 6.45) is -3.00.